The van der Waals surface area contributed by atoms with E-state index in [0.29, 0.717) is 18.9 Å². The number of aliphatic hydroxyl groups is 1. The second kappa shape index (κ2) is 6.82. The maximum Gasteiger partial charge on any atom is 0.226 e. The van der Waals surface area contributed by atoms with Crippen molar-refractivity contribution in [1.82, 2.24) is 4.98 Å². The lowest BCUT2D eigenvalue weighted by molar-refractivity contribution is -0.116. The van der Waals surface area contributed by atoms with Crippen LogP contribution in [0, 0.1) is 0 Å². The first kappa shape index (κ1) is 13.4. The molecule has 0 aromatic carbocycles. The molecule has 1 unspecified atom stereocenters. The maximum atomic E-state index is 11.2. The molecule has 1 heterocycles. The first-order valence-electron chi connectivity index (χ1n) is 5.49. The molecular weight excluding hydrogens is 220 g/mol. The van der Waals surface area contributed by atoms with E-state index in [4.69, 9.17) is 10.8 Å². The molecule has 0 saturated heterocycles. The minimum atomic E-state index is -0.418. The number of aromatic nitrogens is 1. The summed E-state index contributed by atoms with van der Waals surface area (Å²) in [5.41, 5.74) is 6.05. The van der Waals surface area contributed by atoms with Gasteiger partial charge in [-0.1, -0.05) is 0 Å². The van der Waals surface area contributed by atoms with Crippen LogP contribution in [0.5, 0.6) is 0 Å². The summed E-state index contributed by atoms with van der Waals surface area (Å²) in [6, 6.07) is 3.48. The van der Waals surface area contributed by atoms with Gasteiger partial charge in [0.25, 0.3) is 0 Å². The minimum Gasteiger partial charge on any atom is -0.392 e. The predicted octanol–water partition coefficient (Wildman–Crippen LogP) is 0.162. The van der Waals surface area contributed by atoms with Crippen LogP contribution >= 0.6 is 0 Å². The zero-order valence-electron chi connectivity index (χ0n) is 9.81. The second-order valence-electron chi connectivity index (χ2n) is 3.75. The normalized spacial score (nSPS) is 11.9. The van der Waals surface area contributed by atoms with Crippen LogP contribution in [-0.2, 0) is 4.79 Å². The van der Waals surface area contributed by atoms with Crippen LogP contribution < -0.4 is 16.4 Å². The highest BCUT2D eigenvalue weighted by Gasteiger charge is 2.02. The lowest BCUT2D eigenvalue weighted by atomic mass is 10.3. The molecule has 1 aromatic heterocycles. The Bertz CT molecular complexity index is 351. The molecule has 0 saturated carbocycles. The fourth-order valence-corrected chi connectivity index (χ4v) is 1.17. The quantitative estimate of drug-likeness (QED) is 0.565. The van der Waals surface area contributed by atoms with Crippen LogP contribution in [0.3, 0.4) is 0 Å². The number of carbonyl (C=O) groups is 1. The van der Waals surface area contributed by atoms with Gasteiger partial charge in [0.2, 0.25) is 5.91 Å². The van der Waals surface area contributed by atoms with Crippen molar-refractivity contribution in [3.63, 3.8) is 0 Å². The molecule has 94 valence electrons. The highest BCUT2D eigenvalue weighted by Crippen LogP contribution is 2.09. The number of pyridine rings is 1. The first-order valence-corrected chi connectivity index (χ1v) is 5.49. The molecule has 6 heteroatoms. The van der Waals surface area contributed by atoms with Crippen molar-refractivity contribution in [2.75, 3.05) is 23.7 Å². The molecule has 0 radical (unpaired) electrons. The predicted molar refractivity (Wildman–Crippen MR) is 66.7 cm³/mol. The standard InChI is InChI=1S/C11H18N4O2/c1-8(16)6-13-9-2-3-10(14-7-9)15-11(17)4-5-12/h2-3,7-8,13,16H,4-6,12H2,1H3,(H,14,15,17). The lowest BCUT2D eigenvalue weighted by Gasteiger charge is -2.09. The average molecular weight is 238 g/mol. The molecule has 0 spiro atoms. The van der Waals surface area contributed by atoms with Gasteiger partial charge in [-0.15, -0.1) is 0 Å². The second-order valence-corrected chi connectivity index (χ2v) is 3.75. The first-order chi connectivity index (χ1) is 8.11. The van der Waals surface area contributed by atoms with Gasteiger partial charge >= 0.3 is 0 Å². The Morgan fingerprint density at radius 1 is 1.59 bits per heavy atom. The van der Waals surface area contributed by atoms with Crippen molar-refractivity contribution in [1.29, 1.82) is 0 Å². The summed E-state index contributed by atoms with van der Waals surface area (Å²) >= 11 is 0. The molecular formula is C11H18N4O2. The van der Waals surface area contributed by atoms with E-state index in [1.165, 1.54) is 0 Å². The molecule has 0 fully saturated rings. The summed E-state index contributed by atoms with van der Waals surface area (Å²) < 4.78 is 0. The number of anilines is 2. The number of nitrogens with two attached hydrogens (primary N) is 1. The molecule has 1 aromatic rings. The van der Waals surface area contributed by atoms with Crippen molar-refractivity contribution < 1.29 is 9.90 Å². The average Bonchev–Trinajstić information content (AvgIpc) is 2.28. The molecule has 5 N–H and O–H groups in total. The topological polar surface area (TPSA) is 100 Å². The van der Waals surface area contributed by atoms with E-state index in [1.54, 1.807) is 25.3 Å². The van der Waals surface area contributed by atoms with E-state index in [-0.39, 0.29) is 12.3 Å². The Kier molecular flexibility index (Phi) is 5.38. The van der Waals surface area contributed by atoms with E-state index in [0.717, 1.165) is 5.69 Å². The fraction of sp³-hybridized carbons (Fsp3) is 0.455. The summed E-state index contributed by atoms with van der Waals surface area (Å²) in [6.07, 6.45) is 1.46. The van der Waals surface area contributed by atoms with Gasteiger partial charge < -0.3 is 21.5 Å². The van der Waals surface area contributed by atoms with Gasteiger partial charge in [0, 0.05) is 19.5 Å². The van der Waals surface area contributed by atoms with Crippen LogP contribution in [0.4, 0.5) is 11.5 Å². The van der Waals surface area contributed by atoms with Crippen molar-refractivity contribution >= 4 is 17.4 Å². The number of nitrogens with zero attached hydrogens (tertiary/aromatic N) is 1. The molecule has 0 aliphatic rings. The van der Waals surface area contributed by atoms with Crippen molar-refractivity contribution in [2.45, 2.75) is 19.4 Å². The van der Waals surface area contributed by atoms with E-state index in [1.807, 2.05) is 0 Å². The zero-order chi connectivity index (χ0) is 12.7. The van der Waals surface area contributed by atoms with Crippen molar-refractivity contribution in [3.8, 4) is 0 Å². The lowest BCUT2D eigenvalue weighted by Crippen LogP contribution is -2.17. The van der Waals surface area contributed by atoms with Gasteiger partial charge in [-0.2, -0.15) is 0 Å². The summed E-state index contributed by atoms with van der Waals surface area (Å²) in [5, 5.41) is 14.7. The molecule has 1 atom stereocenters. The summed E-state index contributed by atoms with van der Waals surface area (Å²) in [4.78, 5) is 15.3. The number of aliphatic hydroxyl groups excluding tert-OH is 1. The third-order valence-electron chi connectivity index (χ3n) is 2.00. The summed E-state index contributed by atoms with van der Waals surface area (Å²) in [7, 11) is 0. The van der Waals surface area contributed by atoms with E-state index in [2.05, 4.69) is 15.6 Å². The van der Waals surface area contributed by atoms with Crippen LogP contribution in [0.2, 0.25) is 0 Å². The highest BCUT2D eigenvalue weighted by atomic mass is 16.3. The van der Waals surface area contributed by atoms with Crippen LogP contribution in [-0.4, -0.2) is 35.2 Å². The number of carbonyl (C=O) groups excluding carboxylic acids is 1. The number of hydrogen-bond donors (Lipinski definition) is 4. The molecule has 1 rings (SSSR count). The Balaban J connectivity index is 2.47. The highest BCUT2D eigenvalue weighted by molar-refractivity contribution is 5.89. The van der Waals surface area contributed by atoms with Gasteiger partial charge in [-0.05, 0) is 19.1 Å². The number of hydrogen-bond acceptors (Lipinski definition) is 5. The largest absolute Gasteiger partial charge is 0.392 e. The molecule has 6 nitrogen and oxygen atoms in total. The van der Waals surface area contributed by atoms with Crippen LogP contribution in [0.25, 0.3) is 0 Å². The Hall–Kier alpha value is -1.66. The van der Waals surface area contributed by atoms with Crippen molar-refractivity contribution in [2.24, 2.45) is 5.73 Å². The number of nitrogens with one attached hydrogen (secondary N) is 2. The third-order valence-corrected chi connectivity index (χ3v) is 2.00. The fourth-order valence-electron chi connectivity index (χ4n) is 1.17. The molecule has 1 amide bonds. The number of amides is 1. The summed E-state index contributed by atoms with van der Waals surface area (Å²) in [5.74, 6) is 0.343. The van der Waals surface area contributed by atoms with E-state index < -0.39 is 6.10 Å². The van der Waals surface area contributed by atoms with Crippen LogP contribution in [0.1, 0.15) is 13.3 Å². The monoisotopic (exact) mass is 238 g/mol. The zero-order valence-corrected chi connectivity index (χ0v) is 9.81. The van der Waals surface area contributed by atoms with Gasteiger partial charge in [-0.3, -0.25) is 4.79 Å². The van der Waals surface area contributed by atoms with Gasteiger partial charge in [0.15, 0.2) is 0 Å². The van der Waals surface area contributed by atoms with Crippen LogP contribution in [0.15, 0.2) is 18.3 Å². The molecule has 17 heavy (non-hydrogen) atoms. The van der Waals surface area contributed by atoms with Gasteiger partial charge in [0.05, 0.1) is 18.0 Å². The van der Waals surface area contributed by atoms with Gasteiger partial charge in [0.1, 0.15) is 5.82 Å². The van der Waals surface area contributed by atoms with E-state index >= 15 is 0 Å². The smallest absolute Gasteiger partial charge is 0.226 e. The SMILES string of the molecule is CC(O)CNc1ccc(NC(=O)CCN)nc1. The minimum absolute atomic E-state index is 0.148. The Morgan fingerprint density at radius 3 is 2.88 bits per heavy atom. The molecule has 0 aliphatic heterocycles. The van der Waals surface area contributed by atoms with Gasteiger partial charge in [-0.25, -0.2) is 4.98 Å². The van der Waals surface area contributed by atoms with Crippen molar-refractivity contribution in [3.05, 3.63) is 18.3 Å². The molecule has 0 bridgehead atoms. The Morgan fingerprint density at radius 2 is 2.35 bits per heavy atom. The van der Waals surface area contributed by atoms with E-state index in [9.17, 15) is 4.79 Å². The summed E-state index contributed by atoms with van der Waals surface area (Å²) in [6.45, 7) is 2.47. The molecule has 0 aliphatic carbocycles. The number of rotatable bonds is 6. The maximum absolute atomic E-state index is 11.2. The third kappa shape index (κ3) is 5.28. The Labute approximate surface area is 100 Å².